The van der Waals surface area contributed by atoms with Crippen LogP contribution in [0.15, 0.2) is 47.8 Å². The number of nitrogens with one attached hydrogen (secondary N) is 1. The first-order valence-electron chi connectivity index (χ1n) is 10.4. The Kier molecular flexibility index (Phi) is 6.25. The van der Waals surface area contributed by atoms with E-state index in [0.29, 0.717) is 29.5 Å². The number of thiazole rings is 1. The molecule has 1 aliphatic rings. The summed E-state index contributed by atoms with van der Waals surface area (Å²) >= 11 is 1.39. The highest BCUT2D eigenvalue weighted by Gasteiger charge is 2.34. The zero-order valence-electron chi connectivity index (χ0n) is 18.6. The lowest BCUT2D eigenvalue weighted by Crippen LogP contribution is -2.44. The standard InChI is InChI=1S/C24H26N4O3S/c1-15-8-7-9-16(2)21(15)28(17(3)29)24-26-20(14-32-24)22-25-19-11-6-5-10-18(19)23(30)27(22)12-13-31-4/h5-11,14,22,25H,12-13H2,1-4H3/t22-/m1/s1. The summed E-state index contributed by atoms with van der Waals surface area (Å²) in [5.41, 5.74) is 4.91. The fourth-order valence-corrected chi connectivity index (χ4v) is 4.89. The Morgan fingerprint density at radius 3 is 2.59 bits per heavy atom. The maximum Gasteiger partial charge on any atom is 0.257 e. The van der Waals surface area contributed by atoms with E-state index in [-0.39, 0.29) is 11.8 Å². The van der Waals surface area contributed by atoms with Crippen LogP contribution in [-0.4, -0.2) is 42.0 Å². The molecule has 0 fully saturated rings. The number of rotatable bonds is 6. The lowest BCUT2D eigenvalue weighted by atomic mass is 10.1. The van der Waals surface area contributed by atoms with Crippen molar-refractivity contribution in [3.8, 4) is 0 Å². The lowest BCUT2D eigenvalue weighted by Gasteiger charge is -2.37. The number of benzene rings is 2. The van der Waals surface area contributed by atoms with E-state index in [1.165, 1.54) is 18.3 Å². The smallest absolute Gasteiger partial charge is 0.257 e. The molecule has 0 bridgehead atoms. The Hall–Kier alpha value is -3.23. The van der Waals surface area contributed by atoms with Gasteiger partial charge >= 0.3 is 0 Å². The first-order valence-corrected chi connectivity index (χ1v) is 11.3. The van der Waals surface area contributed by atoms with Gasteiger partial charge in [-0.15, -0.1) is 11.3 Å². The maximum absolute atomic E-state index is 13.2. The van der Waals surface area contributed by atoms with Crippen LogP contribution in [0.2, 0.25) is 0 Å². The van der Waals surface area contributed by atoms with Crippen molar-refractivity contribution in [2.24, 2.45) is 0 Å². The summed E-state index contributed by atoms with van der Waals surface area (Å²) < 4.78 is 5.23. The Balaban J connectivity index is 1.74. The van der Waals surface area contributed by atoms with Crippen LogP contribution in [-0.2, 0) is 9.53 Å². The number of aromatic nitrogens is 1. The monoisotopic (exact) mass is 450 g/mol. The molecule has 32 heavy (non-hydrogen) atoms. The highest BCUT2D eigenvalue weighted by molar-refractivity contribution is 7.14. The number of nitrogens with zero attached hydrogens (tertiary/aromatic N) is 3. The largest absolute Gasteiger partial charge is 0.383 e. The molecular formula is C24H26N4O3S. The third kappa shape index (κ3) is 3.99. The molecule has 3 aromatic rings. The van der Waals surface area contributed by atoms with Crippen molar-refractivity contribution in [1.29, 1.82) is 0 Å². The molecule has 2 amide bonds. The normalized spacial score (nSPS) is 15.3. The van der Waals surface area contributed by atoms with Gasteiger partial charge in [0.05, 0.1) is 23.6 Å². The molecule has 7 nitrogen and oxygen atoms in total. The van der Waals surface area contributed by atoms with E-state index in [4.69, 9.17) is 9.72 Å². The third-order valence-corrected chi connectivity index (χ3v) is 6.36. The molecular weight excluding hydrogens is 424 g/mol. The van der Waals surface area contributed by atoms with Gasteiger partial charge in [0.15, 0.2) is 5.13 Å². The Morgan fingerprint density at radius 2 is 1.91 bits per heavy atom. The zero-order chi connectivity index (χ0) is 22.8. The number of hydrogen-bond acceptors (Lipinski definition) is 6. The molecule has 2 aromatic carbocycles. The van der Waals surface area contributed by atoms with E-state index in [0.717, 1.165) is 22.5 Å². The van der Waals surface area contributed by atoms with Gasteiger partial charge < -0.3 is 15.0 Å². The molecule has 0 saturated carbocycles. The molecule has 2 heterocycles. The second-order valence-corrected chi connectivity index (χ2v) is 8.57. The zero-order valence-corrected chi connectivity index (χ0v) is 19.4. The van der Waals surface area contributed by atoms with Crippen LogP contribution >= 0.6 is 11.3 Å². The number of aryl methyl sites for hydroxylation is 2. The average molecular weight is 451 g/mol. The van der Waals surface area contributed by atoms with Crippen molar-refractivity contribution >= 4 is 39.7 Å². The molecule has 1 atom stereocenters. The Bertz CT molecular complexity index is 1140. The number of hydrogen-bond donors (Lipinski definition) is 1. The quantitative estimate of drug-likeness (QED) is 0.591. The van der Waals surface area contributed by atoms with Crippen LogP contribution in [0.25, 0.3) is 0 Å². The second-order valence-electron chi connectivity index (χ2n) is 7.73. The average Bonchev–Trinajstić information content (AvgIpc) is 3.24. The van der Waals surface area contributed by atoms with E-state index >= 15 is 0 Å². The minimum atomic E-state index is -0.454. The lowest BCUT2D eigenvalue weighted by molar-refractivity contribution is -0.115. The summed E-state index contributed by atoms with van der Waals surface area (Å²) in [7, 11) is 1.61. The van der Waals surface area contributed by atoms with Gasteiger partial charge in [0, 0.05) is 31.6 Å². The molecule has 8 heteroatoms. The van der Waals surface area contributed by atoms with Crippen LogP contribution in [0, 0.1) is 13.8 Å². The molecule has 0 radical (unpaired) electrons. The minimum Gasteiger partial charge on any atom is -0.383 e. The molecule has 0 saturated heterocycles. The van der Waals surface area contributed by atoms with Crippen molar-refractivity contribution in [2.45, 2.75) is 26.9 Å². The van der Waals surface area contributed by atoms with Crippen LogP contribution < -0.4 is 10.2 Å². The van der Waals surface area contributed by atoms with Gasteiger partial charge in [-0.1, -0.05) is 30.3 Å². The van der Waals surface area contributed by atoms with Gasteiger partial charge in [0.25, 0.3) is 5.91 Å². The number of para-hydroxylation sites is 2. The number of methoxy groups -OCH3 is 1. The fraction of sp³-hybridized carbons (Fsp3) is 0.292. The van der Waals surface area contributed by atoms with Gasteiger partial charge in [-0.25, -0.2) is 4.98 Å². The molecule has 0 aliphatic carbocycles. The maximum atomic E-state index is 13.2. The predicted molar refractivity (Wildman–Crippen MR) is 127 cm³/mol. The summed E-state index contributed by atoms with van der Waals surface area (Å²) in [6.45, 7) is 6.33. The van der Waals surface area contributed by atoms with E-state index < -0.39 is 6.17 Å². The third-order valence-electron chi connectivity index (χ3n) is 5.52. The van der Waals surface area contributed by atoms with Crippen molar-refractivity contribution in [1.82, 2.24) is 9.88 Å². The number of fused-ring (bicyclic) bond motifs is 1. The molecule has 166 valence electrons. The number of ether oxygens (including phenoxy) is 1. The minimum absolute atomic E-state index is 0.0749. The van der Waals surface area contributed by atoms with Crippen molar-refractivity contribution in [3.63, 3.8) is 0 Å². The van der Waals surface area contributed by atoms with Crippen molar-refractivity contribution in [2.75, 3.05) is 30.5 Å². The SMILES string of the molecule is COCCN1C(=O)c2ccccc2N[C@H]1c1csc(N(C(C)=O)c2c(C)cccc2C)n1. The number of amides is 2. The van der Waals surface area contributed by atoms with Gasteiger partial charge in [-0.05, 0) is 37.1 Å². The summed E-state index contributed by atoms with van der Waals surface area (Å²) in [6.07, 6.45) is -0.454. The molecule has 0 spiro atoms. The van der Waals surface area contributed by atoms with E-state index in [1.54, 1.807) is 16.9 Å². The second kappa shape index (κ2) is 9.10. The van der Waals surface area contributed by atoms with Gasteiger partial charge in [0.2, 0.25) is 5.91 Å². The molecule has 0 unspecified atom stereocenters. The summed E-state index contributed by atoms with van der Waals surface area (Å²) in [5.74, 6) is -0.188. The number of carbonyl (C=O) groups is 2. The first-order chi connectivity index (χ1) is 15.4. The van der Waals surface area contributed by atoms with Crippen LogP contribution in [0.4, 0.5) is 16.5 Å². The molecule has 4 rings (SSSR count). The number of carbonyl (C=O) groups excluding carboxylic acids is 2. The Morgan fingerprint density at radius 1 is 1.19 bits per heavy atom. The van der Waals surface area contributed by atoms with Crippen LogP contribution in [0.3, 0.4) is 0 Å². The first kappa shape index (κ1) is 22.0. The highest BCUT2D eigenvalue weighted by atomic mass is 32.1. The van der Waals surface area contributed by atoms with Crippen molar-refractivity contribution < 1.29 is 14.3 Å². The molecule has 1 aliphatic heterocycles. The molecule has 1 aromatic heterocycles. The van der Waals surface area contributed by atoms with E-state index in [2.05, 4.69) is 5.32 Å². The van der Waals surface area contributed by atoms with Crippen molar-refractivity contribution in [3.05, 3.63) is 70.2 Å². The van der Waals surface area contributed by atoms with Gasteiger partial charge in [-0.3, -0.25) is 14.5 Å². The topological polar surface area (TPSA) is 74.8 Å². The van der Waals surface area contributed by atoms with E-state index in [9.17, 15) is 9.59 Å². The summed E-state index contributed by atoms with van der Waals surface area (Å²) in [6, 6.07) is 13.4. The molecule has 1 N–H and O–H groups in total. The van der Waals surface area contributed by atoms with Gasteiger partial charge in [0.1, 0.15) is 6.17 Å². The van der Waals surface area contributed by atoms with Crippen LogP contribution in [0.5, 0.6) is 0 Å². The number of anilines is 3. The summed E-state index contributed by atoms with van der Waals surface area (Å²) in [4.78, 5) is 34.0. The Labute approximate surface area is 191 Å². The predicted octanol–water partition coefficient (Wildman–Crippen LogP) is 4.66. The van der Waals surface area contributed by atoms with E-state index in [1.807, 2.05) is 61.7 Å². The summed E-state index contributed by atoms with van der Waals surface area (Å²) in [5, 5.41) is 5.91. The highest BCUT2D eigenvalue weighted by Crippen LogP contribution is 2.38. The van der Waals surface area contributed by atoms with Crippen LogP contribution in [0.1, 0.15) is 40.3 Å². The van der Waals surface area contributed by atoms with Gasteiger partial charge in [-0.2, -0.15) is 0 Å². The fourth-order valence-electron chi connectivity index (χ4n) is 4.00.